The number of nitrogens with zero attached hydrogens (tertiary/aromatic N) is 1. The highest BCUT2D eigenvalue weighted by Gasteiger charge is 2.29. The Morgan fingerprint density at radius 3 is 2.55 bits per heavy atom. The fraction of sp³-hybridized carbons (Fsp3) is 1.00. The van der Waals surface area contributed by atoms with Crippen LogP contribution in [0.1, 0.15) is 13.8 Å². The summed E-state index contributed by atoms with van der Waals surface area (Å²) in [5.41, 5.74) is 5.71. The van der Waals surface area contributed by atoms with Crippen LogP contribution in [0.2, 0.25) is 0 Å². The van der Waals surface area contributed by atoms with Gasteiger partial charge < -0.3 is 15.4 Å². The minimum atomic E-state index is -0.214. The predicted octanol–water partition coefficient (Wildman–Crippen LogP) is 0.0543. The normalized spacial score (nSPS) is 28.9. The predicted molar refractivity (Wildman–Crippen MR) is 45.5 cm³/mol. The van der Waals surface area contributed by atoms with Crippen LogP contribution in [0.3, 0.4) is 0 Å². The van der Waals surface area contributed by atoms with E-state index < -0.39 is 0 Å². The number of hydrogen-bond donors (Lipinski definition) is 1. The van der Waals surface area contributed by atoms with Crippen molar-refractivity contribution in [3.8, 4) is 0 Å². The molecule has 0 bridgehead atoms. The maximum Gasteiger partial charge on any atom is 0.0876 e. The van der Waals surface area contributed by atoms with E-state index in [1.807, 2.05) is 13.8 Å². The van der Waals surface area contributed by atoms with Gasteiger partial charge in [0.2, 0.25) is 0 Å². The summed E-state index contributed by atoms with van der Waals surface area (Å²) in [7, 11) is 2.10. The third-order valence-corrected chi connectivity index (χ3v) is 2.10. The second-order valence-corrected chi connectivity index (χ2v) is 3.94. The molecule has 3 heteroatoms. The van der Waals surface area contributed by atoms with Crippen LogP contribution < -0.4 is 5.73 Å². The smallest absolute Gasteiger partial charge is 0.0876 e. The van der Waals surface area contributed by atoms with Crippen LogP contribution in [0.15, 0.2) is 0 Å². The molecular formula is C8H18N2O. The maximum absolute atomic E-state index is 5.92. The molecule has 1 fully saturated rings. The van der Waals surface area contributed by atoms with E-state index in [1.54, 1.807) is 0 Å². The van der Waals surface area contributed by atoms with Gasteiger partial charge in [-0.15, -0.1) is 0 Å². The number of likely N-dealkylation sites (N-methyl/N-ethyl adjacent to an activating group) is 1. The highest BCUT2D eigenvalue weighted by atomic mass is 16.5. The highest BCUT2D eigenvalue weighted by Crippen LogP contribution is 2.13. The van der Waals surface area contributed by atoms with Gasteiger partial charge in [-0.1, -0.05) is 0 Å². The minimum absolute atomic E-state index is 0.182. The summed E-state index contributed by atoms with van der Waals surface area (Å²) in [6.45, 7) is 6.80. The summed E-state index contributed by atoms with van der Waals surface area (Å²) < 4.78 is 5.55. The number of hydrogen-bond acceptors (Lipinski definition) is 3. The van der Waals surface area contributed by atoms with E-state index >= 15 is 0 Å². The molecule has 1 aliphatic heterocycles. The van der Waals surface area contributed by atoms with Gasteiger partial charge in [0, 0.05) is 18.6 Å². The third-order valence-electron chi connectivity index (χ3n) is 2.10. The van der Waals surface area contributed by atoms with E-state index in [9.17, 15) is 0 Å². The Balaban J connectivity index is 2.46. The second kappa shape index (κ2) is 3.09. The van der Waals surface area contributed by atoms with E-state index in [1.165, 1.54) is 0 Å². The lowest BCUT2D eigenvalue weighted by Crippen LogP contribution is -2.55. The van der Waals surface area contributed by atoms with Crippen LogP contribution in [0.5, 0.6) is 0 Å². The first-order valence-corrected chi connectivity index (χ1v) is 4.09. The molecule has 1 heterocycles. The molecule has 1 saturated heterocycles. The SMILES string of the molecule is CN1CCO[C@@H](C(C)(C)N)C1. The first kappa shape index (κ1) is 8.97. The lowest BCUT2D eigenvalue weighted by Gasteiger charge is -2.37. The Morgan fingerprint density at radius 1 is 1.55 bits per heavy atom. The molecule has 0 amide bonds. The van der Waals surface area contributed by atoms with Crippen LogP contribution in [0, 0.1) is 0 Å². The minimum Gasteiger partial charge on any atom is -0.374 e. The van der Waals surface area contributed by atoms with E-state index in [4.69, 9.17) is 10.5 Å². The standard InChI is InChI=1S/C8H18N2O/c1-8(2,9)7-6-10(3)4-5-11-7/h7H,4-6,9H2,1-3H3/t7-/m1/s1. The average molecular weight is 158 g/mol. The van der Waals surface area contributed by atoms with Gasteiger partial charge >= 0.3 is 0 Å². The van der Waals surface area contributed by atoms with Gasteiger partial charge in [0.05, 0.1) is 12.7 Å². The molecule has 0 aliphatic carbocycles. The van der Waals surface area contributed by atoms with Crippen molar-refractivity contribution in [2.45, 2.75) is 25.5 Å². The Hall–Kier alpha value is -0.120. The van der Waals surface area contributed by atoms with Crippen LogP contribution in [0.4, 0.5) is 0 Å². The molecule has 0 saturated carbocycles. The van der Waals surface area contributed by atoms with E-state index in [0.29, 0.717) is 0 Å². The molecule has 11 heavy (non-hydrogen) atoms. The number of nitrogens with two attached hydrogens (primary N) is 1. The fourth-order valence-electron chi connectivity index (χ4n) is 1.23. The molecule has 0 radical (unpaired) electrons. The zero-order chi connectivity index (χ0) is 8.48. The average Bonchev–Trinajstić information content (AvgIpc) is 1.86. The zero-order valence-electron chi connectivity index (χ0n) is 7.63. The van der Waals surface area contributed by atoms with Gasteiger partial charge in [0.15, 0.2) is 0 Å². The van der Waals surface area contributed by atoms with Gasteiger partial charge in [-0.05, 0) is 20.9 Å². The van der Waals surface area contributed by atoms with Crippen molar-refractivity contribution >= 4 is 0 Å². The molecule has 2 N–H and O–H groups in total. The first-order chi connectivity index (χ1) is 5.00. The molecule has 1 rings (SSSR count). The van der Waals surface area contributed by atoms with Crippen LogP contribution in [-0.2, 0) is 4.74 Å². The van der Waals surface area contributed by atoms with Crippen molar-refractivity contribution in [1.82, 2.24) is 4.90 Å². The second-order valence-electron chi connectivity index (χ2n) is 3.94. The molecule has 1 aliphatic rings. The summed E-state index contributed by atoms with van der Waals surface area (Å²) in [6.07, 6.45) is 0.182. The molecule has 0 aromatic heterocycles. The molecule has 1 atom stereocenters. The number of morpholine rings is 1. The summed E-state index contributed by atoms with van der Waals surface area (Å²) in [5.74, 6) is 0. The van der Waals surface area contributed by atoms with Crippen LogP contribution in [0.25, 0.3) is 0 Å². The molecule has 0 spiro atoms. The molecule has 0 aromatic rings. The summed E-state index contributed by atoms with van der Waals surface area (Å²) in [4.78, 5) is 2.25. The monoisotopic (exact) mass is 158 g/mol. The van der Waals surface area contributed by atoms with E-state index in [0.717, 1.165) is 19.7 Å². The summed E-state index contributed by atoms with van der Waals surface area (Å²) in [6, 6.07) is 0. The number of ether oxygens (including phenoxy) is 1. The summed E-state index contributed by atoms with van der Waals surface area (Å²) in [5, 5.41) is 0. The molecule has 66 valence electrons. The third kappa shape index (κ3) is 2.43. The van der Waals surface area contributed by atoms with Gasteiger partial charge in [-0.3, -0.25) is 0 Å². The van der Waals surface area contributed by atoms with Gasteiger partial charge in [-0.25, -0.2) is 0 Å². The fourth-order valence-corrected chi connectivity index (χ4v) is 1.23. The quantitative estimate of drug-likeness (QED) is 0.586. The van der Waals surface area contributed by atoms with Crippen molar-refractivity contribution in [2.75, 3.05) is 26.7 Å². The largest absolute Gasteiger partial charge is 0.374 e. The number of rotatable bonds is 1. The van der Waals surface area contributed by atoms with Crippen molar-refractivity contribution in [1.29, 1.82) is 0 Å². The van der Waals surface area contributed by atoms with E-state index in [-0.39, 0.29) is 11.6 Å². The zero-order valence-corrected chi connectivity index (χ0v) is 7.63. The molecular weight excluding hydrogens is 140 g/mol. The lowest BCUT2D eigenvalue weighted by molar-refractivity contribution is -0.0513. The summed E-state index contributed by atoms with van der Waals surface area (Å²) >= 11 is 0. The Morgan fingerprint density at radius 2 is 2.18 bits per heavy atom. The van der Waals surface area contributed by atoms with Crippen molar-refractivity contribution < 1.29 is 4.74 Å². The first-order valence-electron chi connectivity index (χ1n) is 4.09. The lowest BCUT2D eigenvalue weighted by atomic mass is 9.97. The van der Waals surface area contributed by atoms with Crippen molar-refractivity contribution in [3.05, 3.63) is 0 Å². The van der Waals surface area contributed by atoms with Crippen molar-refractivity contribution in [3.63, 3.8) is 0 Å². The van der Waals surface area contributed by atoms with E-state index in [2.05, 4.69) is 11.9 Å². The van der Waals surface area contributed by atoms with Crippen LogP contribution >= 0.6 is 0 Å². The van der Waals surface area contributed by atoms with Gasteiger partial charge in [0.1, 0.15) is 0 Å². The Bertz CT molecular complexity index is 131. The van der Waals surface area contributed by atoms with Gasteiger partial charge in [0.25, 0.3) is 0 Å². The molecule has 0 unspecified atom stereocenters. The van der Waals surface area contributed by atoms with Crippen molar-refractivity contribution in [2.24, 2.45) is 5.73 Å². The van der Waals surface area contributed by atoms with Crippen LogP contribution in [-0.4, -0.2) is 43.3 Å². The maximum atomic E-state index is 5.92. The molecule has 3 nitrogen and oxygen atoms in total. The molecule has 0 aromatic carbocycles. The highest BCUT2D eigenvalue weighted by molar-refractivity contribution is 4.87. The Labute approximate surface area is 68.5 Å². The topological polar surface area (TPSA) is 38.5 Å². The van der Waals surface area contributed by atoms with Gasteiger partial charge in [-0.2, -0.15) is 0 Å². The Kier molecular flexibility index (Phi) is 2.52.